The molecule has 1 aromatic rings. The van der Waals surface area contributed by atoms with Crippen LogP contribution in [0, 0.1) is 0 Å². The number of rotatable bonds is 7. The van der Waals surface area contributed by atoms with Gasteiger partial charge >= 0.3 is 0 Å². The van der Waals surface area contributed by atoms with E-state index in [4.69, 9.17) is 4.55 Å². The Labute approximate surface area is 127 Å². The van der Waals surface area contributed by atoms with Crippen molar-refractivity contribution in [1.29, 1.82) is 0 Å². The van der Waals surface area contributed by atoms with Gasteiger partial charge in [-0.2, -0.15) is 8.42 Å². The molecule has 1 aromatic carbocycles. The Hall–Kier alpha value is -1.13. The zero-order valence-electron chi connectivity index (χ0n) is 12.4. The minimum absolute atomic E-state index is 0.409. The third-order valence-corrected chi connectivity index (χ3v) is 5.60. The molecule has 0 spiro atoms. The fourth-order valence-electron chi connectivity index (χ4n) is 3.11. The number of aryl methyl sites for hydroxylation is 1. The van der Waals surface area contributed by atoms with Gasteiger partial charge < -0.3 is 0 Å². The quantitative estimate of drug-likeness (QED) is 0.609. The summed E-state index contributed by atoms with van der Waals surface area (Å²) in [6, 6.07) is 8.70. The van der Waals surface area contributed by atoms with Crippen LogP contribution in [0.4, 0.5) is 0 Å². The van der Waals surface area contributed by atoms with Gasteiger partial charge in [0.05, 0.1) is 0 Å². The summed E-state index contributed by atoms with van der Waals surface area (Å²) < 4.78 is 31.2. The van der Waals surface area contributed by atoms with Crippen LogP contribution < -0.4 is 0 Å². The molecule has 0 amide bonds. The molecule has 1 N–H and O–H groups in total. The summed E-state index contributed by atoms with van der Waals surface area (Å²) >= 11 is 0. The van der Waals surface area contributed by atoms with Crippen molar-refractivity contribution in [3.05, 3.63) is 48.0 Å². The maximum Gasteiger partial charge on any atom is 0.271 e. The van der Waals surface area contributed by atoms with Gasteiger partial charge in [-0.05, 0) is 49.1 Å². The summed E-state index contributed by atoms with van der Waals surface area (Å²) in [6.07, 6.45) is 8.54. The van der Waals surface area contributed by atoms with Gasteiger partial charge in [0, 0.05) is 0 Å². The van der Waals surface area contributed by atoms with Crippen LogP contribution in [0.3, 0.4) is 0 Å². The summed E-state index contributed by atoms with van der Waals surface area (Å²) in [5.74, 6) is 0.726. The van der Waals surface area contributed by atoms with Gasteiger partial charge in [-0.3, -0.25) is 4.55 Å². The van der Waals surface area contributed by atoms with E-state index in [1.807, 2.05) is 0 Å². The van der Waals surface area contributed by atoms with E-state index in [1.165, 1.54) is 42.9 Å². The molecule has 0 saturated heterocycles. The molecule has 3 nitrogen and oxygen atoms in total. The lowest BCUT2D eigenvalue weighted by molar-refractivity contribution is 0.470. The Morgan fingerprint density at radius 1 is 1.24 bits per heavy atom. The van der Waals surface area contributed by atoms with E-state index in [-0.39, 0.29) is 0 Å². The molecular weight excluding hydrogens is 284 g/mol. The van der Waals surface area contributed by atoms with Crippen molar-refractivity contribution in [3.8, 4) is 0 Å². The minimum Gasteiger partial charge on any atom is -0.285 e. The first-order valence-electron chi connectivity index (χ1n) is 7.68. The molecule has 0 bridgehead atoms. The van der Waals surface area contributed by atoms with Crippen molar-refractivity contribution < 1.29 is 13.0 Å². The van der Waals surface area contributed by atoms with Gasteiger partial charge in [-0.25, -0.2) is 0 Å². The topological polar surface area (TPSA) is 54.4 Å². The largest absolute Gasteiger partial charge is 0.285 e. The van der Waals surface area contributed by atoms with Gasteiger partial charge in [-0.1, -0.05) is 43.2 Å². The second kappa shape index (κ2) is 7.23. The van der Waals surface area contributed by atoms with Crippen LogP contribution in [-0.4, -0.2) is 18.2 Å². The van der Waals surface area contributed by atoms with Gasteiger partial charge in [0.25, 0.3) is 10.1 Å². The van der Waals surface area contributed by atoms with E-state index >= 15 is 0 Å². The Morgan fingerprint density at radius 2 is 1.86 bits per heavy atom. The van der Waals surface area contributed by atoms with Crippen LogP contribution in [-0.2, 0) is 16.5 Å². The maximum atomic E-state index is 11.1. The Bertz CT molecular complexity index is 554. The lowest BCUT2D eigenvalue weighted by Crippen LogP contribution is -2.17. The summed E-state index contributed by atoms with van der Waals surface area (Å²) in [6.45, 7) is 3.47. The molecule has 116 valence electrons. The second-order valence-electron chi connectivity index (χ2n) is 5.90. The summed E-state index contributed by atoms with van der Waals surface area (Å²) in [4.78, 5) is 0. The molecule has 1 aliphatic rings. The smallest absolute Gasteiger partial charge is 0.271 e. The van der Waals surface area contributed by atoms with Gasteiger partial charge in [-0.15, -0.1) is 6.58 Å². The van der Waals surface area contributed by atoms with Crippen molar-refractivity contribution in [2.24, 2.45) is 0 Å². The Morgan fingerprint density at radius 3 is 2.38 bits per heavy atom. The molecule has 1 fully saturated rings. The second-order valence-corrected chi connectivity index (χ2v) is 7.54. The zero-order chi connectivity index (χ0) is 15.3. The first kappa shape index (κ1) is 16.2. The van der Waals surface area contributed by atoms with Crippen molar-refractivity contribution in [3.63, 3.8) is 0 Å². The van der Waals surface area contributed by atoms with Crippen molar-refractivity contribution >= 4 is 10.1 Å². The van der Waals surface area contributed by atoms with Crippen molar-refractivity contribution in [2.75, 3.05) is 0 Å². The van der Waals surface area contributed by atoms with Crippen LogP contribution in [0.1, 0.15) is 55.6 Å². The van der Waals surface area contributed by atoms with Crippen LogP contribution in [0.25, 0.3) is 0 Å². The van der Waals surface area contributed by atoms with E-state index in [9.17, 15) is 8.42 Å². The van der Waals surface area contributed by atoms with Crippen molar-refractivity contribution in [2.45, 2.75) is 56.1 Å². The van der Waals surface area contributed by atoms with Gasteiger partial charge in [0.2, 0.25) is 0 Å². The average Bonchev–Trinajstić information content (AvgIpc) is 2.97. The third-order valence-electron chi connectivity index (χ3n) is 4.41. The average molecular weight is 308 g/mol. The molecule has 1 saturated carbocycles. The summed E-state index contributed by atoms with van der Waals surface area (Å²) in [7, 11) is -4.01. The molecule has 1 unspecified atom stereocenters. The molecule has 21 heavy (non-hydrogen) atoms. The highest BCUT2D eigenvalue weighted by Gasteiger charge is 2.19. The highest BCUT2D eigenvalue weighted by molar-refractivity contribution is 7.86. The minimum atomic E-state index is -4.01. The van der Waals surface area contributed by atoms with E-state index < -0.39 is 15.4 Å². The molecule has 4 heteroatoms. The molecule has 2 rings (SSSR count). The van der Waals surface area contributed by atoms with Gasteiger partial charge in [0.15, 0.2) is 0 Å². The first-order valence-corrected chi connectivity index (χ1v) is 9.18. The highest BCUT2D eigenvalue weighted by Crippen LogP contribution is 2.34. The fourth-order valence-corrected chi connectivity index (χ4v) is 3.82. The van der Waals surface area contributed by atoms with Gasteiger partial charge in [0.1, 0.15) is 5.25 Å². The van der Waals surface area contributed by atoms with E-state index in [0.29, 0.717) is 6.42 Å². The van der Waals surface area contributed by atoms with E-state index in [2.05, 4.69) is 30.8 Å². The summed E-state index contributed by atoms with van der Waals surface area (Å²) in [5, 5.41) is -0.852. The molecule has 1 atom stereocenters. The molecular formula is C17H24O3S. The standard InChI is InChI=1S/C17H24O3S/c1-2-17(21(18,19)20)9-5-6-14-10-12-16(13-11-14)15-7-3-4-8-15/h2,10-13,15,17H,1,3-9H2,(H,18,19,20). The van der Waals surface area contributed by atoms with E-state index in [1.54, 1.807) is 0 Å². The lowest BCUT2D eigenvalue weighted by atomic mass is 9.95. The summed E-state index contributed by atoms with van der Waals surface area (Å²) in [5.41, 5.74) is 2.65. The van der Waals surface area contributed by atoms with Crippen molar-refractivity contribution in [1.82, 2.24) is 0 Å². The predicted molar refractivity (Wildman–Crippen MR) is 86.1 cm³/mol. The number of hydrogen-bond donors (Lipinski definition) is 1. The molecule has 0 radical (unpaired) electrons. The maximum absolute atomic E-state index is 11.1. The predicted octanol–water partition coefficient (Wildman–Crippen LogP) is 4.11. The SMILES string of the molecule is C=CC(CCCc1ccc(C2CCCC2)cc1)S(=O)(=O)O. The van der Waals surface area contributed by atoms with Crippen LogP contribution >= 0.6 is 0 Å². The Balaban J connectivity index is 1.85. The number of hydrogen-bond acceptors (Lipinski definition) is 2. The first-order chi connectivity index (χ1) is 10.0. The normalized spacial score (nSPS) is 17.8. The fraction of sp³-hybridized carbons (Fsp3) is 0.529. The highest BCUT2D eigenvalue weighted by atomic mass is 32.2. The van der Waals surface area contributed by atoms with E-state index in [0.717, 1.165) is 18.8 Å². The zero-order valence-corrected chi connectivity index (χ0v) is 13.2. The van der Waals surface area contributed by atoms with Crippen LogP contribution in [0.15, 0.2) is 36.9 Å². The number of benzene rings is 1. The van der Waals surface area contributed by atoms with Crippen LogP contribution in [0.5, 0.6) is 0 Å². The van der Waals surface area contributed by atoms with Crippen LogP contribution in [0.2, 0.25) is 0 Å². The monoisotopic (exact) mass is 308 g/mol. The molecule has 0 aromatic heterocycles. The molecule has 1 aliphatic carbocycles. The Kier molecular flexibility index (Phi) is 5.59. The molecule has 0 aliphatic heterocycles. The third kappa shape index (κ3) is 4.68. The molecule has 0 heterocycles. The lowest BCUT2D eigenvalue weighted by Gasteiger charge is -2.11.